The highest BCUT2D eigenvalue weighted by atomic mass is 32.2. The fourth-order valence-electron chi connectivity index (χ4n) is 0.995. The fraction of sp³-hybridized carbons (Fsp3) is 1.00. The summed E-state index contributed by atoms with van der Waals surface area (Å²) in [7, 11) is -3.08. The summed E-state index contributed by atoms with van der Waals surface area (Å²) in [6.07, 6.45) is 1.11. The van der Waals surface area contributed by atoms with Crippen LogP contribution in [-0.2, 0) is 14.8 Å². The maximum atomic E-state index is 10.7. The second kappa shape index (κ2) is 4.18. The molecule has 2 N–H and O–H groups in total. The van der Waals surface area contributed by atoms with Crippen molar-refractivity contribution in [3.8, 4) is 0 Å². The third-order valence-electron chi connectivity index (χ3n) is 1.58. The van der Waals surface area contributed by atoms with Gasteiger partial charge in [0.2, 0.25) is 10.0 Å². The van der Waals surface area contributed by atoms with Crippen molar-refractivity contribution in [1.29, 1.82) is 0 Å². The summed E-state index contributed by atoms with van der Waals surface area (Å²) in [6.45, 7) is 2.56. The maximum absolute atomic E-state index is 10.7. The van der Waals surface area contributed by atoms with Crippen LogP contribution in [0, 0.1) is 0 Å². The van der Waals surface area contributed by atoms with Gasteiger partial charge >= 0.3 is 0 Å². The van der Waals surface area contributed by atoms with Gasteiger partial charge in [-0.25, -0.2) is 13.1 Å². The predicted octanol–water partition coefficient (Wildman–Crippen LogP) is -1.48. The monoisotopic (exact) mass is 194 g/mol. The van der Waals surface area contributed by atoms with Crippen molar-refractivity contribution in [3.05, 3.63) is 0 Å². The summed E-state index contributed by atoms with van der Waals surface area (Å²) in [4.78, 5) is 0. The van der Waals surface area contributed by atoms with E-state index in [0.717, 1.165) is 12.8 Å². The van der Waals surface area contributed by atoms with E-state index < -0.39 is 10.0 Å². The minimum atomic E-state index is -3.08. The molecule has 1 fully saturated rings. The molecule has 0 saturated carbocycles. The zero-order chi connectivity index (χ0) is 9.03. The number of ether oxygens (including phenoxy) is 1. The molecule has 1 atom stereocenters. The van der Waals surface area contributed by atoms with E-state index in [-0.39, 0.29) is 6.10 Å². The first-order valence-corrected chi connectivity index (χ1v) is 5.74. The molecule has 5 nitrogen and oxygen atoms in total. The van der Waals surface area contributed by atoms with E-state index in [9.17, 15) is 8.42 Å². The van der Waals surface area contributed by atoms with Crippen LogP contribution in [0.2, 0.25) is 0 Å². The van der Waals surface area contributed by atoms with Gasteiger partial charge in [-0.15, -0.1) is 0 Å². The van der Waals surface area contributed by atoms with Crippen LogP contribution in [0.4, 0.5) is 0 Å². The molecule has 1 rings (SSSR count). The third-order valence-corrected chi connectivity index (χ3v) is 2.27. The molecule has 0 aromatic heterocycles. The van der Waals surface area contributed by atoms with Gasteiger partial charge in [0.15, 0.2) is 0 Å². The summed E-state index contributed by atoms with van der Waals surface area (Å²) in [5.41, 5.74) is 0. The van der Waals surface area contributed by atoms with Gasteiger partial charge in [-0.3, -0.25) is 0 Å². The lowest BCUT2D eigenvalue weighted by atomic mass is 10.3. The summed E-state index contributed by atoms with van der Waals surface area (Å²) < 4.78 is 29.1. The molecule has 0 aromatic carbocycles. The van der Waals surface area contributed by atoms with E-state index in [4.69, 9.17) is 4.74 Å². The lowest BCUT2D eigenvalue weighted by molar-refractivity contribution is 0.0324. The van der Waals surface area contributed by atoms with E-state index in [1.165, 1.54) is 0 Å². The molecule has 0 spiro atoms. The first-order valence-electron chi connectivity index (χ1n) is 3.85. The lowest BCUT2D eigenvalue weighted by Crippen LogP contribution is -2.44. The Morgan fingerprint density at radius 2 is 2.42 bits per heavy atom. The third kappa shape index (κ3) is 4.01. The number of hydrogen-bond donors (Lipinski definition) is 2. The first kappa shape index (κ1) is 9.91. The number of hydrogen-bond acceptors (Lipinski definition) is 4. The average Bonchev–Trinajstić information content (AvgIpc) is 2.02. The van der Waals surface area contributed by atoms with Crippen molar-refractivity contribution in [1.82, 2.24) is 10.0 Å². The van der Waals surface area contributed by atoms with E-state index in [0.29, 0.717) is 19.7 Å². The Hall–Kier alpha value is -0.170. The van der Waals surface area contributed by atoms with Gasteiger partial charge in [0, 0.05) is 19.6 Å². The molecule has 0 radical (unpaired) electrons. The number of nitrogens with one attached hydrogen (secondary N) is 2. The second-order valence-corrected chi connectivity index (χ2v) is 4.65. The normalized spacial score (nSPS) is 25.6. The molecule has 6 heteroatoms. The van der Waals surface area contributed by atoms with Gasteiger partial charge in [0.1, 0.15) is 0 Å². The van der Waals surface area contributed by atoms with E-state index in [2.05, 4.69) is 10.0 Å². The highest BCUT2D eigenvalue weighted by molar-refractivity contribution is 7.88. The molecular formula is C6H14N2O3S. The van der Waals surface area contributed by atoms with Gasteiger partial charge in [-0.1, -0.05) is 0 Å². The molecule has 12 heavy (non-hydrogen) atoms. The van der Waals surface area contributed by atoms with Gasteiger partial charge in [-0.2, -0.15) is 0 Å². The van der Waals surface area contributed by atoms with Gasteiger partial charge in [0.05, 0.1) is 19.0 Å². The number of morpholine rings is 1. The minimum Gasteiger partial charge on any atom is -0.374 e. The minimum absolute atomic E-state index is 0.0338. The Bertz CT molecular complexity index is 221. The van der Waals surface area contributed by atoms with E-state index in [1.54, 1.807) is 0 Å². The van der Waals surface area contributed by atoms with Crippen LogP contribution >= 0.6 is 0 Å². The molecule has 1 saturated heterocycles. The highest BCUT2D eigenvalue weighted by Gasteiger charge is 2.14. The van der Waals surface area contributed by atoms with Crippen molar-refractivity contribution in [2.75, 3.05) is 32.5 Å². The molecule has 1 aliphatic rings. The fourth-order valence-corrected chi connectivity index (χ4v) is 1.48. The van der Waals surface area contributed by atoms with Crippen LogP contribution in [0.3, 0.4) is 0 Å². The first-order chi connectivity index (χ1) is 5.58. The molecular weight excluding hydrogens is 180 g/mol. The molecule has 72 valence electrons. The number of sulfonamides is 1. The van der Waals surface area contributed by atoms with Crippen LogP contribution in [0.5, 0.6) is 0 Å². The quantitative estimate of drug-likeness (QED) is 0.575. The molecule has 0 aromatic rings. The Kier molecular flexibility index (Phi) is 3.45. The Balaban J connectivity index is 2.22. The predicted molar refractivity (Wildman–Crippen MR) is 45.5 cm³/mol. The van der Waals surface area contributed by atoms with Crippen LogP contribution in [0.25, 0.3) is 0 Å². The highest BCUT2D eigenvalue weighted by Crippen LogP contribution is 1.94. The SMILES string of the molecule is CS(=O)(=O)NC[C@@H]1CNCCO1. The van der Waals surface area contributed by atoms with E-state index in [1.807, 2.05) is 0 Å². The molecule has 0 unspecified atom stereocenters. The average molecular weight is 194 g/mol. The summed E-state index contributed by atoms with van der Waals surface area (Å²) >= 11 is 0. The molecule has 0 aliphatic carbocycles. The molecule has 0 bridgehead atoms. The van der Waals surface area contributed by atoms with Crippen molar-refractivity contribution >= 4 is 10.0 Å². The summed E-state index contributed by atoms with van der Waals surface area (Å²) in [5.74, 6) is 0. The zero-order valence-electron chi connectivity index (χ0n) is 7.04. The maximum Gasteiger partial charge on any atom is 0.208 e. The van der Waals surface area contributed by atoms with E-state index >= 15 is 0 Å². The van der Waals surface area contributed by atoms with Crippen molar-refractivity contribution < 1.29 is 13.2 Å². The Morgan fingerprint density at radius 1 is 1.67 bits per heavy atom. The molecule has 1 aliphatic heterocycles. The summed E-state index contributed by atoms with van der Waals surface area (Å²) in [6, 6.07) is 0. The van der Waals surface area contributed by atoms with Crippen LogP contribution < -0.4 is 10.0 Å². The van der Waals surface area contributed by atoms with Crippen LogP contribution in [0.15, 0.2) is 0 Å². The van der Waals surface area contributed by atoms with Gasteiger partial charge < -0.3 is 10.1 Å². The molecule has 1 heterocycles. The topological polar surface area (TPSA) is 67.4 Å². The Labute approximate surface area is 72.5 Å². The number of rotatable bonds is 3. The second-order valence-electron chi connectivity index (χ2n) is 2.82. The van der Waals surface area contributed by atoms with Crippen molar-refractivity contribution in [2.45, 2.75) is 6.10 Å². The zero-order valence-corrected chi connectivity index (χ0v) is 7.86. The standard InChI is InChI=1S/C6H14N2O3S/c1-12(9,10)8-5-6-4-7-2-3-11-6/h6-8H,2-5H2,1H3/t6-/m0/s1. The van der Waals surface area contributed by atoms with Crippen molar-refractivity contribution in [2.24, 2.45) is 0 Å². The van der Waals surface area contributed by atoms with Gasteiger partial charge in [0.25, 0.3) is 0 Å². The van der Waals surface area contributed by atoms with Crippen LogP contribution in [0.1, 0.15) is 0 Å². The van der Waals surface area contributed by atoms with Crippen LogP contribution in [-0.4, -0.2) is 47.0 Å². The Morgan fingerprint density at radius 3 is 2.92 bits per heavy atom. The smallest absolute Gasteiger partial charge is 0.208 e. The molecule has 0 amide bonds. The van der Waals surface area contributed by atoms with Gasteiger partial charge in [-0.05, 0) is 0 Å². The summed E-state index contributed by atoms with van der Waals surface area (Å²) in [5, 5.41) is 3.11. The lowest BCUT2D eigenvalue weighted by Gasteiger charge is -2.23. The largest absolute Gasteiger partial charge is 0.374 e. The van der Waals surface area contributed by atoms with Crippen molar-refractivity contribution in [3.63, 3.8) is 0 Å².